The van der Waals surface area contributed by atoms with Crippen molar-refractivity contribution in [2.45, 2.75) is 6.92 Å². The van der Waals surface area contributed by atoms with Gasteiger partial charge < -0.3 is 9.64 Å². The van der Waals surface area contributed by atoms with Gasteiger partial charge in [0, 0.05) is 12.5 Å². The Morgan fingerprint density at radius 2 is 1.80 bits per heavy atom. The van der Waals surface area contributed by atoms with E-state index in [-0.39, 0.29) is 0 Å². The SMILES string of the molecule is COc1ccc(/C=C/C(=N\Nc2ccccc2)[C@@H](C)CN(C)C)cc1. The molecule has 0 fully saturated rings. The van der Waals surface area contributed by atoms with Crippen molar-refractivity contribution in [2.75, 3.05) is 33.2 Å². The fraction of sp³-hybridized carbons (Fsp3) is 0.286. The van der Waals surface area contributed by atoms with E-state index in [1.807, 2.05) is 54.6 Å². The normalized spacial score (nSPS) is 13.2. The average molecular weight is 337 g/mol. The van der Waals surface area contributed by atoms with E-state index >= 15 is 0 Å². The van der Waals surface area contributed by atoms with Crippen LogP contribution in [0.25, 0.3) is 6.08 Å². The number of hydrazone groups is 1. The van der Waals surface area contributed by atoms with E-state index in [1.54, 1.807) is 7.11 Å². The Morgan fingerprint density at radius 3 is 2.40 bits per heavy atom. The number of allylic oxidation sites excluding steroid dienone is 1. The summed E-state index contributed by atoms with van der Waals surface area (Å²) in [6.45, 7) is 3.12. The number of hydrogen-bond donors (Lipinski definition) is 1. The molecule has 0 bridgehead atoms. The zero-order chi connectivity index (χ0) is 18.1. The summed E-state index contributed by atoms with van der Waals surface area (Å²) in [5.41, 5.74) is 6.26. The first-order valence-corrected chi connectivity index (χ1v) is 8.44. The standard InChI is InChI=1S/C21H27N3O/c1-17(16-24(2)3)21(23-22-19-8-6-5-7-9-19)15-12-18-10-13-20(25-4)14-11-18/h5-15,17,22H,16H2,1-4H3/b15-12+,23-21+/t17-/m0/s1. The van der Waals surface area contributed by atoms with Crippen LogP contribution < -0.4 is 10.2 Å². The minimum atomic E-state index is 0.306. The van der Waals surface area contributed by atoms with E-state index in [0.29, 0.717) is 5.92 Å². The van der Waals surface area contributed by atoms with Crippen LogP contribution in [0.5, 0.6) is 5.75 Å². The lowest BCUT2D eigenvalue weighted by Gasteiger charge is -2.17. The summed E-state index contributed by atoms with van der Waals surface area (Å²) < 4.78 is 5.20. The number of benzene rings is 2. The molecular weight excluding hydrogens is 310 g/mol. The van der Waals surface area contributed by atoms with Gasteiger partial charge in [0.25, 0.3) is 0 Å². The fourth-order valence-corrected chi connectivity index (χ4v) is 2.49. The molecule has 0 spiro atoms. The van der Waals surface area contributed by atoms with E-state index in [9.17, 15) is 0 Å². The van der Waals surface area contributed by atoms with Crippen LogP contribution in [-0.4, -0.2) is 38.4 Å². The zero-order valence-electron chi connectivity index (χ0n) is 15.4. The summed E-state index contributed by atoms with van der Waals surface area (Å²) in [7, 11) is 5.83. The fourth-order valence-electron chi connectivity index (χ4n) is 2.49. The molecule has 0 radical (unpaired) electrons. The Morgan fingerprint density at radius 1 is 1.12 bits per heavy atom. The van der Waals surface area contributed by atoms with Crippen molar-refractivity contribution in [3.8, 4) is 5.75 Å². The second kappa shape index (κ2) is 9.64. The van der Waals surface area contributed by atoms with Gasteiger partial charge in [-0.05, 0) is 50.0 Å². The van der Waals surface area contributed by atoms with Crippen molar-refractivity contribution < 1.29 is 4.74 Å². The summed E-state index contributed by atoms with van der Waals surface area (Å²) in [5, 5.41) is 4.62. The van der Waals surface area contributed by atoms with Gasteiger partial charge in [-0.15, -0.1) is 0 Å². The number of rotatable bonds is 8. The number of para-hydroxylation sites is 1. The molecule has 0 saturated heterocycles. The lowest BCUT2D eigenvalue weighted by Crippen LogP contribution is -2.25. The molecule has 0 aliphatic rings. The van der Waals surface area contributed by atoms with Crippen LogP contribution in [-0.2, 0) is 0 Å². The van der Waals surface area contributed by atoms with Gasteiger partial charge in [-0.3, -0.25) is 5.43 Å². The van der Waals surface area contributed by atoms with Gasteiger partial charge in [-0.25, -0.2) is 0 Å². The summed E-state index contributed by atoms with van der Waals surface area (Å²) in [4.78, 5) is 2.17. The third-order valence-electron chi connectivity index (χ3n) is 3.79. The highest BCUT2D eigenvalue weighted by Gasteiger charge is 2.09. The lowest BCUT2D eigenvalue weighted by molar-refractivity contribution is 0.381. The Hall–Kier alpha value is -2.59. The van der Waals surface area contributed by atoms with E-state index in [2.05, 4.69) is 48.6 Å². The second-order valence-corrected chi connectivity index (χ2v) is 6.28. The molecule has 132 valence electrons. The van der Waals surface area contributed by atoms with Crippen LogP contribution in [0.3, 0.4) is 0 Å². The van der Waals surface area contributed by atoms with Crippen LogP contribution in [0.1, 0.15) is 12.5 Å². The number of ether oxygens (including phenoxy) is 1. The third-order valence-corrected chi connectivity index (χ3v) is 3.79. The maximum Gasteiger partial charge on any atom is 0.118 e. The monoisotopic (exact) mass is 337 g/mol. The largest absolute Gasteiger partial charge is 0.497 e. The first kappa shape index (κ1) is 18.7. The number of anilines is 1. The summed E-state index contributed by atoms with van der Waals surface area (Å²) in [6.07, 6.45) is 4.16. The van der Waals surface area contributed by atoms with Crippen molar-refractivity contribution >= 4 is 17.5 Å². The predicted molar refractivity (Wildman–Crippen MR) is 107 cm³/mol. The zero-order valence-corrected chi connectivity index (χ0v) is 15.4. The first-order chi connectivity index (χ1) is 12.1. The van der Waals surface area contributed by atoms with E-state index in [1.165, 1.54) is 0 Å². The van der Waals surface area contributed by atoms with Crippen molar-refractivity contribution in [1.29, 1.82) is 0 Å². The van der Waals surface area contributed by atoms with Crippen molar-refractivity contribution in [1.82, 2.24) is 4.90 Å². The molecule has 2 aromatic rings. The highest BCUT2D eigenvalue weighted by atomic mass is 16.5. The van der Waals surface area contributed by atoms with Crippen LogP contribution in [0, 0.1) is 5.92 Å². The smallest absolute Gasteiger partial charge is 0.118 e. The molecule has 0 aromatic heterocycles. The van der Waals surface area contributed by atoms with Crippen LogP contribution >= 0.6 is 0 Å². The summed E-state index contributed by atoms with van der Waals surface area (Å²) in [6, 6.07) is 18.0. The molecule has 0 saturated carbocycles. The Balaban J connectivity index is 2.16. The Labute approximate surface area is 150 Å². The predicted octanol–water partition coefficient (Wildman–Crippen LogP) is 4.37. The molecule has 0 heterocycles. The van der Waals surface area contributed by atoms with Crippen molar-refractivity contribution in [3.63, 3.8) is 0 Å². The average Bonchev–Trinajstić information content (AvgIpc) is 2.62. The van der Waals surface area contributed by atoms with Crippen LogP contribution in [0.15, 0.2) is 65.8 Å². The molecule has 2 aromatic carbocycles. The topological polar surface area (TPSA) is 36.9 Å². The Kier molecular flexibility index (Phi) is 7.23. The molecule has 0 amide bonds. The summed E-state index contributed by atoms with van der Waals surface area (Å²) >= 11 is 0. The lowest BCUT2D eigenvalue weighted by atomic mass is 10.0. The molecular formula is C21H27N3O. The van der Waals surface area contributed by atoms with E-state index < -0.39 is 0 Å². The molecule has 2 rings (SSSR count). The van der Waals surface area contributed by atoms with Gasteiger partial charge in [0.1, 0.15) is 5.75 Å². The maximum absolute atomic E-state index is 5.20. The number of hydrogen-bond acceptors (Lipinski definition) is 4. The minimum Gasteiger partial charge on any atom is -0.497 e. The Bertz CT molecular complexity index is 691. The number of nitrogens with zero attached hydrogens (tertiary/aromatic N) is 2. The molecule has 0 aliphatic carbocycles. The van der Waals surface area contributed by atoms with E-state index in [4.69, 9.17) is 4.74 Å². The van der Waals surface area contributed by atoms with Gasteiger partial charge in [-0.2, -0.15) is 5.10 Å². The first-order valence-electron chi connectivity index (χ1n) is 8.44. The summed E-state index contributed by atoms with van der Waals surface area (Å²) in [5.74, 6) is 1.17. The number of nitrogens with one attached hydrogen (secondary N) is 1. The molecule has 25 heavy (non-hydrogen) atoms. The maximum atomic E-state index is 5.20. The van der Waals surface area contributed by atoms with Gasteiger partial charge in [0.05, 0.1) is 18.5 Å². The second-order valence-electron chi connectivity index (χ2n) is 6.28. The molecule has 4 heteroatoms. The highest BCUT2D eigenvalue weighted by molar-refractivity contribution is 6.00. The van der Waals surface area contributed by atoms with Crippen LogP contribution in [0.2, 0.25) is 0 Å². The third kappa shape index (κ3) is 6.43. The molecule has 1 atom stereocenters. The van der Waals surface area contributed by atoms with Crippen molar-refractivity contribution in [3.05, 3.63) is 66.2 Å². The quantitative estimate of drug-likeness (QED) is 0.574. The van der Waals surface area contributed by atoms with Gasteiger partial charge in [-0.1, -0.05) is 43.3 Å². The minimum absolute atomic E-state index is 0.306. The van der Waals surface area contributed by atoms with Crippen molar-refractivity contribution in [2.24, 2.45) is 11.0 Å². The van der Waals surface area contributed by atoms with Gasteiger partial charge in [0.15, 0.2) is 0 Å². The molecule has 0 unspecified atom stereocenters. The van der Waals surface area contributed by atoms with Crippen LogP contribution in [0.4, 0.5) is 5.69 Å². The van der Waals surface area contributed by atoms with E-state index in [0.717, 1.165) is 29.3 Å². The molecule has 4 nitrogen and oxygen atoms in total. The van der Waals surface area contributed by atoms with Gasteiger partial charge in [0.2, 0.25) is 0 Å². The molecule has 1 N–H and O–H groups in total. The number of methoxy groups -OCH3 is 1. The molecule has 0 aliphatic heterocycles. The highest BCUT2D eigenvalue weighted by Crippen LogP contribution is 2.14. The van der Waals surface area contributed by atoms with Gasteiger partial charge >= 0.3 is 0 Å².